The first-order chi connectivity index (χ1) is 10.7. The lowest BCUT2D eigenvalue weighted by atomic mass is 10.2. The number of carbonyl (C=O) groups is 1. The van der Waals surface area contributed by atoms with Gasteiger partial charge in [-0.05, 0) is 12.1 Å². The molecule has 0 spiro atoms. The second kappa shape index (κ2) is 6.15. The molecule has 1 amide bonds. The van der Waals surface area contributed by atoms with Crippen molar-refractivity contribution in [1.29, 1.82) is 0 Å². The van der Waals surface area contributed by atoms with E-state index in [1.54, 1.807) is 0 Å². The van der Waals surface area contributed by atoms with Crippen molar-refractivity contribution < 1.29 is 36.2 Å². The van der Waals surface area contributed by atoms with Crippen LogP contribution in [0, 0.1) is 11.6 Å². The van der Waals surface area contributed by atoms with Gasteiger partial charge in [0.05, 0.1) is 12.8 Å². The lowest BCUT2D eigenvalue weighted by Crippen LogP contribution is -2.20. The summed E-state index contributed by atoms with van der Waals surface area (Å²) in [6, 6.07) is 2.79. The van der Waals surface area contributed by atoms with Gasteiger partial charge < -0.3 is 19.8 Å². The molecule has 124 valence electrons. The molecule has 2 N–H and O–H groups in total. The van der Waals surface area contributed by atoms with Gasteiger partial charge in [0.1, 0.15) is 0 Å². The molecule has 0 fully saturated rings. The highest BCUT2D eigenvalue weighted by atomic mass is 19.4. The van der Waals surface area contributed by atoms with Crippen molar-refractivity contribution in [3.63, 3.8) is 0 Å². The van der Waals surface area contributed by atoms with Gasteiger partial charge in [-0.15, -0.1) is 13.2 Å². The number of nitrogens with one attached hydrogen (secondary N) is 2. The van der Waals surface area contributed by atoms with Crippen LogP contribution in [-0.2, 0) is 0 Å². The van der Waals surface area contributed by atoms with E-state index in [9.17, 15) is 26.7 Å². The highest BCUT2D eigenvalue weighted by Gasteiger charge is 2.34. The number of amides is 1. The fourth-order valence-corrected chi connectivity index (χ4v) is 1.77. The fraction of sp³-hybridized carbons (Fsp3) is 0.154. The summed E-state index contributed by atoms with van der Waals surface area (Å²) in [5, 5.41) is 2.00. The maximum absolute atomic E-state index is 13.5. The molecule has 0 radical (unpaired) electrons. The summed E-state index contributed by atoms with van der Waals surface area (Å²) in [4.78, 5) is 14.2. The molecule has 1 heterocycles. The van der Waals surface area contributed by atoms with Crippen LogP contribution in [0.2, 0.25) is 0 Å². The van der Waals surface area contributed by atoms with E-state index >= 15 is 0 Å². The molecule has 0 unspecified atom stereocenters. The highest BCUT2D eigenvalue weighted by Crippen LogP contribution is 2.33. The standard InChI is InChI=1S/C13H9F5N2O3/c1-22-11-7(15)5-19-9(11)12(21)20-8-4-2-3-6(14)10(8)23-13(16,17)18/h2-5,19H,1H3,(H,20,21). The Labute approximate surface area is 126 Å². The van der Waals surface area contributed by atoms with Gasteiger partial charge in [-0.3, -0.25) is 4.79 Å². The Balaban J connectivity index is 2.33. The number of rotatable bonds is 4. The van der Waals surface area contributed by atoms with Gasteiger partial charge >= 0.3 is 6.36 Å². The van der Waals surface area contributed by atoms with Crippen LogP contribution in [-0.4, -0.2) is 24.4 Å². The van der Waals surface area contributed by atoms with E-state index in [2.05, 4.69) is 14.5 Å². The zero-order chi connectivity index (χ0) is 17.2. The minimum absolute atomic E-state index is 0.382. The van der Waals surface area contributed by atoms with Crippen LogP contribution in [0.15, 0.2) is 24.4 Å². The van der Waals surface area contributed by atoms with Gasteiger partial charge in [0.25, 0.3) is 5.91 Å². The zero-order valence-corrected chi connectivity index (χ0v) is 11.4. The first-order valence-corrected chi connectivity index (χ1v) is 5.99. The van der Waals surface area contributed by atoms with Crippen LogP contribution in [0.1, 0.15) is 10.5 Å². The lowest BCUT2D eigenvalue weighted by molar-refractivity contribution is -0.275. The summed E-state index contributed by atoms with van der Waals surface area (Å²) >= 11 is 0. The molecule has 0 saturated heterocycles. The molecule has 1 aromatic carbocycles. The number of aromatic nitrogens is 1. The summed E-state index contributed by atoms with van der Waals surface area (Å²) in [5.41, 5.74) is -0.961. The Morgan fingerprint density at radius 3 is 2.48 bits per heavy atom. The predicted molar refractivity (Wildman–Crippen MR) is 68.3 cm³/mol. The second-order valence-electron chi connectivity index (χ2n) is 4.16. The number of H-pyrrole nitrogens is 1. The summed E-state index contributed by atoms with van der Waals surface area (Å²) in [5.74, 6) is -4.88. The Morgan fingerprint density at radius 2 is 1.87 bits per heavy atom. The molecule has 0 aliphatic rings. The minimum Gasteiger partial charge on any atom is -0.491 e. The molecule has 5 nitrogen and oxygen atoms in total. The van der Waals surface area contributed by atoms with Crippen LogP contribution < -0.4 is 14.8 Å². The molecular weight excluding hydrogens is 327 g/mol. The van der Waals surface area contributed by atoms with E-state index in [0.29, 0.717) is 0 Å². The van der Waals surface area contributed by atoms with E-state index in [1.165, 1.54) is 0 Å². The van der Waals surface area contributed by atoms with Gasteiger partial charge in [0.2, 0.25) is 0 Å². The molecule has 1 aromatic heterocycles. The number of halogens is 5. The van der Waals surface area contributed by atoms with Crippen LogP contribution in [0.25, 0.3) is 0 Å². The van der Waals surface area contributed by atoms with E-state index in [4.69, 9.17) is 0 Å². The minimum atomic E-state index is -5.15. The third-order valence-corrected chi connectivity index (χ3v) is 2.65. The second-order valence-corrected chi connectivity index (χ2v) is 4.16. The van der Waals surface area contributed by atoms with Crippen molar-refractivity contribution in [3.05, 3.63) is 41.7 Å². The highest BCUT2D eigenvalue weighted by molar-refractivity contribution is 6.05. The molecule has 0 bridgehead atoms. The maximum Gasteiger partial charge on any atom is 0.573 e. The number of ether oxygens (including phenoxy) is 2. The predicted octanol–water partition coefficient (Wildman–Crippen LogP) is 3.45. The van der Waals surface area contributed by atoms with Crippen molar-refractivity contribution in [2.24, 2.45) is 0 Å². The van der Waals surface area contributed by atoms with Gasteiger partial charge in [0.15, 0.2) is 28.8 Å². The largest absolute Gasteiger partial charge is 0.573 e. The van der Waals surface area contributed by atoms with Crippen LogP contribution in [0.4, 0.5) is 27.6 Å². The number of benzene rings is 1. The van der Waals surface area contributed by atoms with E-state index in [1.807, 2.05) is 5.32 Å². The molecule has 0 aliphatic heterocycles. The van der Waals surface area contributed by atoms with Gasteiger partial charge in [-0.1, -0.05) is 6.07 Å². The number of methoxy groups -OCH3 is 1. The van der Waals surface area contributed by atoms with Crippen LogP contribution >= 0.6 is 0 Å². The molecule has 0 saturated carbocycles. The Hall–Kier alpha value is -2.78. The average molecular weight is 336 g/mol. The van der Waals surface area contributed by atoms with Crippen molar-refractivity contribution >= 4 is 11.6 Å². The third kappa shape index (κ3) is 3.71. The van der Waals surface area contributed by atoms with E-state index < -0.39 is 41.1 Å². The fourth-order valence-electron chi connectivity index (χ4n) is 1.77. The maximum atomic E-state index is 13.5. The average Bonchev–Trinajstić information content (AvgIpc) is 2.82. The number of aromatic amines is 1. The zero-order valence-electron chi connectivity index (χ0n) is 11.4. The summed E-state index contributed by atoms with van der Waals surface area (Å²) in [7, 11) is 1.10. The molecule has 2 aromatic rings. The Kier molecular flexibility index (Phi) is 4.43. The molecule has 10 heteroatoms. The van der Waals surface area contributed by atoms with E-state index in [-0.39, 0.29) is 5.69 Å². The van der Waals surface area contributed by atoms with Crippen LogP contribution in [0.5, 0.6) is 11.5 Å². The Morgan fingerprint density at radius 1 is 1.17 bits per heavy atom. The molecule has 0 atom stereocenters. The first kappa shape index (κ1) is 16.6. The quantitative estimate of drug-likeness (QED) is 0.841. The van der Waals surface area contributed by atoms with Gasteiger partial charge in [-0.25, -0.2) is 8.78 Å². The number of para-hydroxylation sites is 1. The number of hydrogen-bond acceptors (Lipinski definition) is 3. The number of hydrogen-bond donors (Lipinski definition) is 2. The molecule has 0 aliphatic carbocycles. The Bertz CT molecular complexity index is 727. The van der Waals surface area contributed by atoms with E-state index in [0.717, 1.165) is 31.5 Å². The summed E-state index contributed by atoms with van der Waals surface area (Å²) in [6.45, 7) is 0. The topological polar surface area (TPSA) is 63.4 Å². The first-order valence-electron chi connectivity index (χ1n) is 5.99. The molecule has 23 heavy (non-hydrogen) atoms. The van der Waals surface area contributed by atoms with Crippen molar-refractivity contribution in [3.8, 4) is 11.5 Å². The normalized spacial score (nSPS) is 11.2. The van der Waals surface area contributed by atoms with Gasteiger partial charge in [0, 0.05) is 6.20 Å². The van der Waals surface area contributed by atoms with Crippen LogP contribution in [0.3, 0.4) is 0 Å². The molecule has 2 rings (SSSR count). The van der Waals surface area contributed by atoms with Crippen molar-refractivity contribution in [2.45, 2.75) is 6.36 Å². The summed E-state index contributed by atoms with van der Waals surface area (Å²) < 4.78 is 72.0. The number of carbonyl (C=O) groups excluding carboxylic acids is 1. The smallest absolute Gasteiger partial charge is 0.491 e. The monoisotopic (exact) mass is 336 g/mol. The number of alkyl halides is 3. The van der Waals surface area contributed by atoms with Gasteiger partial charge in [-0.2, -0.15) is 0 Å². The number of anilines is 1. The molecular formula is C13H9F5N2O3. The van der Waals surface area contributed by atoms with Crippen molar-refractivity contribution in [2.75, 3.05) is 12.4 Å². The SMILES string of the molecule is COc1c(F)c[nH]c1C(=O)Nc1cccc(F)c1OC(F)(F)F. The van der Waals surface area contributed by atoms with Crippen molar-refractivity contribution in [1.82, 2.24) is 4.98 Å². The lowest BCUT2D eigenvalue weighted by Gasteiger charge is -2.14. The third-order valence-electron chi connectivity index (χ3n) is 2.65. The summed E-state index contributed by atoms with van der Waals surface area (Å²) in [6.07, 6.45) is -4.33.